The molecule has 1 aromatic heterocycles. The van der Waals surface area contributed by atoms with Gasteiger partial charge in [-0.05, 0) is 43.9 Å². The van der Waals surface area contributed by atoms with Crippen LogP contribution in [0.3, 0.4) is 0 Å². The molecule has 34 heavy (non-hydrogen) atoms. The molecule has 0 aliphatic carbocycles. The van der Waals surface area contributed by atoms with E-state index in [1.54, 1.807) is 0 Å². The Balaban J connectivity index is 1.38. The number of aromatic nitrogens is 1. The number of piperidine rings is 1. The summed E-state index contributed by atoms with van der Waals surface area (Å²) < 4.78 is 58.2. The summed E-state index contributed by atoms with van der Waals surface area (Å²) in [7, 11) is 0. The van der Waals surface area contributed by atoms with Gasteiger partial charge in [-0.25, -0.2) is 0 Å². The van der Waals surface area contributed by atoms with Gasteiger partial charge in [0.25, 0.3) is 0 Å². The van der Waals surface area contributed by atoms with Crippen LogP contribution in [0.5, 0.6) is 5.88 Å². The van der Waals surface area contributed by atoms with Crippen LogP contribution >= 0.6 is 0 Å². The van der Waals surface area contributed by atoms with E-state index in [1.807, 2.05) is 28.5 Å². The topological polar surface area (TPSA) is 52.9 Å². The van der Waals surface area contributed by atoms with E-state index >= 15 is 0 Å². The van der Waals surface area contributed by atoms with Crippen molar-refractivity contribution in [3.8, 4) is 17.1 Å². The van der Waals surface area contributed by atoms with Gasteiger partial charge in [-0.2, -0.15) is 13.2 Å². The molecule has 0 spiro atoms. The van der Waals surface area contributed by atoms with E-state index in [0.717, 1.165) is 28.9 Å². The minimum absolute atomic E-state index is 0.0896. The number of aryl methyl sites for hydroxylation is 1. The van der Waals surface area contributed by atoms with Gasteiger partial charge < -0.3 is 23.7 Å². The lowest BCUT2D eigenvalue weighted by Crippen LogP contribution is -2.39. The van der Waals surface area contributed by atoms with Gasteiger partial charge >= 0.3 is 6.18 Å². The summed E-state index contributed by atoms with van der Waals surface area (Å²) >= 11 is 0. The van der Waals surface area contributed by atoms with Crippen LogP contribution in [0.25, 0.3) is 11.3 Å². The smallest absolute Gasteiger partial charge is 0.391 e. The molecule has 2 saturated heterocycles. The quantitative estimate of drug-likeness (QED) is 0.666. The predicted octanol–water partition coefficient (Wildman–Crippen LogP) is 3.95. The van der Waals surface area contributed by atoms with Crippen molar-refractivity contribution in [2.75, 3.05) is 44.4 Å². The molecule has 184 valence electrons. The van der Waals surface area contributed by atoms with Crippen LogP contribution in [-0.4, -0.2) is 56.4 Å². The predicted molar refractivity (Wildman–Crippen MR) is 122 cm³/mol. The number of benzene rings is 1. The van der Waals surface area contributed by atoms with Crippen molar-refractivity contribution >= 4 is 5.69 Å². The molecule has 3 aliphatic heterocycles. The number of alkyl halides is 3. The minimum atomic E-state index is -4.12. The first-order valence-electron chi connectivity index (χ1n) is 11.8. The van der Waals surface area contributed by atoms with E-state index in [9.17, 15) is 18.0 Å². The lowest BCUT2D eigenvalue weighted by Gasteiger charge is -2.35. The summed E-state index contributed by atoms with van der Waals surface area (Å²) in [5.74, 6) is -0.699. The summed E-state index contributed by atoms with van der Waals surface area (Å²) in [5.41, 5.74) is 4.41. The van der Waals surface area contributed by atoms with Crippen molar-refractivity contribution < 1.29 is 27.4 Å². The van der Waals surface area contributed by atoms with Crippen molar-refractivity contribution in [3.63, 3.8) is 0 Å². The molecule has 0 N–H and O–H groups in total. The Morgan fingerprint density at radius 1 is 1.12 bits per heavy atom. The Kier molecular flexibility index (Phi) is 6.33. The average molecular weight is 479 g/mol. The Morgan fingerprint density at radius 3 is 2.62 bits per heavy atom. The molecule has 9 heteroatoms. The molecule has 0 radical (unpaired) electrons. The van der Waals surface area contributed by atoms with Crippen molar-refractivity contribution in [2.45, 2.75) is 45.0 Å². The number of fused-ring (bicyclic) bond motifs is 3. The number of anilines is 1. The van der Waals surface area contributed by atoms with E-state index in [0.29, 0.717) is 57.5 Å². The molecule has 5 rings (SSSR count). The van der Waals surface area contributed by atoms with Crippen LogP contribution in [0.1, 0.15) is 24.0 Å². The largest absolute Gasteiger partial charge is 0.476 e. The van der Waals surface area contributed by atoms with Gasteiger partial charge in [-0.15, -0.1) is 0 Å². The highest BCUT2D eigenvalue weighted by Crippen LogP contribution is 2.38. The molecule has 0 bridgehead atoms. The highest BCUT2D eigenvalue weighted by molar-refractivity contribution is 5.72. The third-order valence-electron chi connectivity index (χ3n) is 7.09. The Hall–Kier alpha value is -2.52. The summed E-state index contributed by atoms with van der Waals surface area (Å²) in [6, 6.07) is 7.54. The first kappa shape index (κ1) is 23.2. The van der Waals surface area contributed by atoms with Gasteiger partial charge in [0.1, 0.15) is 12.7 Å². The molecule has 3 aliphatic rings. The maximum absolute atomic E-state index is 13.0. The molecule has 6 nitrogen and oxygen atoms in total. The second kappa shape index (κ2) is 9.26. The number of ether oxygens (including phenoxy) is 3. The van der Waals surface area contributed by atoms with E-state index in [4.69, 9.17) is 14.2 Å². The molecular formula is C25H29F3N2O4. The standard InChI is InChI=1S/C25H29F3N2O4/c1-16-22(31)13-23(34-15-20-14-32-10-11-33-20)30-9-4-17-12-19(2-3-21(17)24(16)30)29-7-5-18(6-8-29)25(26,27)28/h2-3,12-13,18,20H,4-11,14-15H2,1H3. The molecule has 1 aromatic carbocycles. The van der Waals surface area contributed by atoms with Gasteiger partial charge in [0.15, 0.2) is 11.3 Å². The number of nitrogens with zero attached hydrogens (tertiary/aromatic N) is 2. The average Bonchev–Trinajstić information content (AvgIpc) is 2.84. The zero-order chi connectivity index (χ0) is 23.9. The number of pyridine rings is 1. The third-order valence-corrected chi connectivity index (χ3v) is 7.09. The fraction of sp³-hybridized carbons (Fsp3) is 0.560. The molecular weight excluding hydrogens is 449 g/mol. The van der Waals surface area contributed by atoms with Crippen LogP contribution < -0.4 is 15.1 Å². The molecule has 0 saturated carbocycles. The lowest BCUT2D eigenvalue weighted by atomic mass is 9.92. The van der Waals surface area contributed by atoms with Crippen LogP contribution in [0.15, 0.2) is 29.1 Å². The number of halogens is 3. The molecule has 4 heterocycles. The SMILES string of the molecule is Cc1c2n(c(OCC3COCCO3)cc1=O)CCc1cc(N3CCC(C(F)(F)F)CC3)ccc1-2. The summed E-state index contributed by atoms with van der Waals surface area (Å²) in [6.45, 7) is 5.14. The first-order valence-corrected chi connectivity index (χ1v) is 11.8. The fourth-order valence-electron chi connectivity index (χ4n) is 5.14. The highest BCUT2D eigenvalue weighted by atomic mass is 19.4. The number of hydrogen-bond acceptors (Lipinski definition) is 5. The van der Waals surface area contributed by atoms with Gasteiger partial charge in [-0.3, -0.25) is 4.79 Å². The molecule has 2 fully saturated rings. The third kappa shape index (κ3) is 4.55. The number of hydrogen-bond donors (Lipinski definition) is 0. The van der Waals surface area contributed by atoms with Gasteiger partial charge in [0.05, 0.1) is 31.4 Å². The summed E-state index contributed by atoms with van der Waals surface area (Å²) in [5, 5.41) is 0. The molecule has 1 atom stereocenters. The van der Waals surface area contributed by atoms with E-state index in [1.165, 1.54) is 6.07 Å². The Labute approximate surface area is 196 Å². The highest BCUT2D eigenvalue weighted by Gasteiger charge is 2.41. The maximum Gasteiger partial charge on any atom is 0.391 e. The first-order chi connectivity index (χ1) is 16.3. The molecule has 0 amide bonds. The summed E-state index contributed by atoms with van der Waals surface area (Å²) in [6.07, 6.45) is -3.30. The zero-order valence-electron chi connectivity index (χ0n) is 19.2. The normalized spacial score (nSPS) is 21.2. The van der Waals surface area contributed by atoms with Crippen LogP contribution in [0.4, 0.5) is 18.9 Å². The molecule has 1 unspecified atom stereocenters. The van der Waals surface area contributed by atoms with E-state index < -0.39 is 12.1 Å². The van der Waals surface area contributed by atoms with E-state index in [-0.39, 0.29) is 24.4 Å². The van der Waals surface area contributed by atoms with Gasteiger partial charge in [0, 0.05) is 42.5 Å². The monoisotopic (exact) mass is 478 g/mol. The van der Waals surface area contributed by atoms with Crippen LogP contribution in [0, 0.1) is 12.8 Å². The second-order valence-corrected chi connectivity index (χ2v) is 9.25. The number of rotatable bonds is 4. The maximum atomic E-state index is 13.0. The van der Waals surface area contributed by atoms with Crippen molar-refractivity contribution in [2.24, 2.45) is 5.92 Å². The lowest BCUT2D eigenvalue weighted by molar-refractivity contribution is -0.179. The van der Waals surface area contributed by atoms with Crippen LogP contribution in [-0.2, 0) is 22.4 Å². The minimum Gasteiger partial charge on any atom is -0.476 e. The van der Waals surface area contributed by atoms with E-state index in [2.05, 4.69) is 6.07 Å². The van der Waals surface area contributed by atoms with Gasteiger partial charge in [0.2, 0.25) is 0 Å². The van der Waals surface area contributed by atoms with Crippen molar-refractivity contribution in [1.82, 2.24) is 4.57 Å². The summed E-state index contributed by atoms with van der Waals surface area (Å²) in [4.78, 5) is 14.8. The molecule has 2 aromatic rings. The second-order valence-electron chi connectivity index (χ2n) is 9.25. The van der Waals surface area contributed by atoms with Crippen LogP contribution in [0.2, 0.25) is 0 Å². The van der Waals surface area contributed by atoms with Crippen molar-refractivity contribution in [3.05, 3.63) is 45.6 Å². The zero-order valence-corrected chi connectivity index (χ0v) is 19.2. The van der Waals surface area contributed by atoms with Gasteiger partial charge in [-0.1, -0.05) is 6.07 Å². The Bertz CT molecular complexity index is 1100. The van der Waals surface area contributed by atoms with Crippen molar-refractivity contribution in [1.29, 1.82) is 0 Å². The fourth-order valence-corrected chi connectivity index (χ4v) is 5.14. The Morgan fingerprint density at radius 2 is 1.91 bits per heavy atom.